The van der Waals surface area contributed by atoms with E-state index in [0.717, 1.165) is 50.2 Å². The number of nitrogens with zero attached hydrogens (tertiary/aromatic N) is 4. The molecule has 23 heavy (non-hydrogen) atoms. The smallest absolute Gasteiger partial charge is 0.193 e. The van der Waals surface area contributed by atoms with Crippen molar-refractivity contribution in [2.45, 2.75) is 50.8 Å². The minimum Gasteiger partial charge on any atom is -0.356 e. The van der Waals surface area contributed by atoms with Crippen molar-refractivity contribution in [3.05, 3.63) is 17.7 Å². The van der Waals surface area contributed by atoms with Crippen molar-refractivity contribution in [1.82, 2.24) is 19.8 Å². The molecule has 1 aromatic heterocycles. The Morgan fingerprint density at radius 1 is 1.43 bits per heavy atom. The van der Waals surface area contributed by atoms with Crippen LogP contribution in [0, 0.1) is 0 Å². The molecule has 1 unspecified atom stereocenters. The molecule has 0 radical (unpaired) electrons. The van der Waals surface area contributed by atoms with Crippen LogP contribution in [-0.4, -0.2) is 58.1 Å². The lowest BCUT2D eigenvalue weighted by Crippen LogP contribution is -2.48. The molecule has 0 amide bonds. The van der Waals surface area contributed by atoms with Crippen molar-refractivity contribution < 1.29 is 0 Å². The Morgan fingerprint density at radius 2 is 2.35 bits per heavy atom. The highest BCUT2D eigenvalue weighted by atomic mass is 32.2. The number of aryl methyl sites for hydroxylation is 2. The third-order valence-electron chi connectivity index (χ3n) is 4.73. The van der Waals surface area contributed by atoms with E-state index in [2.05, 4.69) is 44.7 Å². The molecule has 3 heterocycles. The second-order valence-electron chi connectivity index (χ2n) is 6.37. The molecule has 1 aromatic rings. The molecule has 2 aliphatic rings. The summed E-state index contributed by atoms with van der Waals surface area (Å²) >= 11 is 2.09. The number of imidazole rings is 1. The highest BCUT2D eigenvalue weighted by Crippen LogP contribution is 2.21. The number of hydrogen-bond donors (Lipinski definition) is 1. The molecular weight excluding hydrogens is 306 g/mol. The molecule has 0 saturated carbocycles. The van der Waals surface area contributed by atoms with E-state index in [1.807, 2.05) is 7.05 Å². The van der Waals surface area contributed by atoms with Crippen LogP contribution in [0.5, 0.6) is 0 Å². The lowest BCUT2D eigenvalue weighted by atomic mass is 10.2. The summed E-state index contributed by atoms with van der Waals surface area (Å²) in [6, 6.07) is 0. The van der Waals surface area contributed by atoms with Gasteiger partial charge in [-0.05, 0) is 19.3 Å². The van der Waals surface area contributed by atoms with Crippen LogP contribution in [-0.2, 0) is 19.4 Å². The number of aliphatic imine (C=N–C) groups is 1. The minimum absolute atomic E-state index is 0.738. The van der Waals surface area contributed by atoms with Gasteiger partial charge in [-0.25, -0.2) is 4.98 Å². The van der Waals surface area contributed by atoms with Crippen LogP contribution in [0.25, 0.3) is 0 Å². The fourth-order valence-electron chi connectivity index (χ4n) is 3.39. The van der Waals surface area contributed by atoms with Crippen LogP contribution in [0.3, 0.4) is 0 Å². The average Bonchev–Trinajstić information content (AvgIpc) is 3.01. The Hall–Kier alpha value is -1.17. The standard InChI is InChI=1S/C17H29N5S/c1-3-15-13-22(10-11-23-15)17(18-2)19-8-7-14-12-21-9-5-4-6-16(21)20-14/h12,15H,3-11,13H2,1-2H3,(H,18,19). The Bertz CT molecular complexity index is 516. The van der Waals surface area contributed by atoms with E-state index in [-0.39, 0.29) is 0 Å². The molecule has 0 aliphatic carbocycles. The van der Waals surface area contributed by atoms with Crippen molar-refractivity contribution in [3.8, 4) is 0 Å². The fourth-order valence-corrected chi connectivity index (χ4v) is 4.57. The van der Waals surface area contributed by atoms with Crippen molar-refractivity contribution in [2.24, 2.45) is 4.99 Å². The lowest BCUT2D eigenvalue weighted by Gasteiger charge is -2.34. The molecule has 0 spiro atoms. The second-order valence-corrected chi connectivity index (χ2v) is 7.78. The Morgan fingerprint density at radius 3 is 3.13 bits per heavy atom. The highest BCUT2D eigenvalue weighted by molar-refractivity contribution is 8.00. The molecule has 1 fully saturated rings. The monoisotopic (exact) mass is 335 g/mol. The van der Waals surface area contributed by atoms with Crippen LogP contribution in [0.15, 0.2) is 11.2 Å². The predicted molar refractivity (Wildman–Crippen MR) is 98.3 cm³/mol. The first-order valence-electron chi connectivity index (χ1n) is 8.92. The quantitative estimate of drug-likeness (QED) is 0.677. The van der Waals surface area contributed by atoms with Crippen LogP contribution < -0.4 is 5.32 Å². The van der Waals surface area contributed by atoms with E-state index < -0.39 is 0 Å². The van der Waals surface area contributed by atoms with E-state index >= 15 is 0 Å². The topological polar surface area (TPSA) is 45.5 Å². The summed E-state index contributed by atoms with van der Waals surface area (Å²) in [6.07, 6.45) is 8.16. The van der Waals surface area contributed by atoms with Crippen LogP contribution in [0.2, 0.25) is 0 Å². The van der Waals surface area contributed by atoms with Gasteiger partial charge >= 0.3 is 0 Å². The summed E-state index contributed by atoms with van der Waals surface area (Å²) < 4.78 is 2.33. The third-order valence-corrected chi connectivity index (χ3v) is 6.10. The maximum Gasteiger partial charge on any atom is 0.193 e. The Balaban J connectivity index is 1.49. The molecule has 1 saturated heterocycles. The summed E-state index contributed by atoms with van der Waals surface area (Å²) in [5, 5.41) is 4.27. The van der Waals surface area contributed by atoms with E-state index in [1.54, 1.807) is 0 Å². The summed E-state index contributed by atoms with van der Waals surface area (Å²) in [5.74, 6) is 3.52. The van der Waals surface area contributed by atoms with Crippen molar-refractivity contribution in [2.75, 3.05) is 32.4 Å². The van der Waals surface area contributed by atoms with E-state index in [9.17, 15) is 0 Å². The minimum atomic E-state index is 0.738. The average molecular weight is 336 g/mol. The number of hydrogen-bond acceptors (Lipinski definition) is 3. The predicted octanol–water partition coefficient (Wildman–Crippen LogP) is 2.16. The number of aromatic nitrogens is 2. The number of nitrogens with one attached hydrogen (secondary N) is 1. The highest BCUT2D eigenvalue weighted by Gasteiger charge is 2.21. The zero-order chi connectivity index (χ0) is 16.1. The van der Waals surface area contributed by atoms with Crippen molar-refractivity contribution >= 4 is 17.7 Å². The Kier molecular flexibility index (Phi) is 5.86. The van der Waals surface area contributed by atoms with Gasteiger partial charge in [-0.15, -0.1) is 0 Å². The largest absolute Gasteiger partial charge is 0.356 e. The molecule has 1 N–H and O–H groups in total. The van der Waals surface area contributed by atoms with Gasteiger partial charge < -0.3 is 14.8 Å². The van der Waals surface area contributed by atoms with Crippen LogP contribution >= 0.6 is 11.8 Å². The molecular formula is C17H29N5S. The zero-order valence-corrected chi connectivity index (χ0v) is 15.2. The van der Waals surface area contributed by atoms with Crippen molar-refractivity contribution in [1.29, 1.82) is 0 Å². The van der Waals surface area contributed by atoms with Crippen LogP contribution in [0.1, 0.15) is 37.7 Å². The van der Waals surface area contributed by atoms with Gasteiger partial charge in [0, 0.05) is 63.3 Å². The number of fused-ring (bicyclic) bond motifs is 1. The molecule has 0 aromatic carbocycles. The number of rotatable bonds is 4. The van der Waals surface area contributed by atoms with Gasteiger partial charge in [0.15, 0.2) is 5.96 Å². The zero-order valence-electron chi connectivity index (χ0n) is 14.4. The number of thioether (sulfide) groups is 1. The molecule has 1 atom stereocenters. The van der Waals surface area contributed by atoms with Gasteiger partial charge in [0.05, 0.1) is 5.69 Å². The Labute approximate surface area is 143 Å². The van der Waals surface area contributed by atoms with Gasteiger partial charge in [0.1, 0.15) is 5.82 Å². The third kappa shape index (κ3) is 4.22. The molecule has 2 aliphatic heterocycles. The van der Waals surface area contributed by atoms with Gasteiger partial charge in [0.25, 0.3) is 0 Å². The first-order valence-corrected chi connectivity index (χ1v) is 9.97. The summed E-state index contributed by atoms with van der Waals surface area (Å²) in [5.41, 5.74) is 1.21. The molecule has 128 valence electrons. The van der Waals surface area contributed by atoms with Gasteiger partial charge in [-0.1, -0.05) is 6.92 Å². The van der Waals surface area contributed by atoms with Crippen molar-refractivity contribution in [3.63, 3.8) is 0 Å². The molecule has 0 bridgehead atoms. The first-order chi connectivity index (χ1) is 11.3. The van der Waals surface area contributed by atoms with Gasteiger partial charge in [0.2, 0.25) is 0 Å². The maximum absolute atomic E-state index is 4.78. The van der Waals surface area contributed by atoms with E-state index in [4.69, 9.17) is 4.98 Å². The summed E-state index contributed by atoms with van der Waals surface area (Å²) in [6.45, 7) is 6.53. The normalized spacial score (nSPS) is 22.1. The van der Waals surface area contributed by atoms with Gasteiger partial charge in [-0.2, -0.15) is 11.8 Å². The van der Waals surface area contributed by atoms with E-state index in [1.165, 1.54) is 36.5 Å². The number of guanidine groups is 1. The maximum atomic E-state index is 4.78. The summed E-state index contributed by atoms with van der Waals surface area (Å²) in [7, 11) is 1.89. The van der Waals surface area contributed by atoms with E-state index in [0.29, 0.717) is 0 Å². The SMILES string of the molecule is CCC1CN(C(=NC)NCCc2cn3c(n2)CCCC3)CCS1. The first kappa shape index (κ1) is 16.7. The molecule has 5 nitrogen and oxygen atoms in total. The second kappa shape index (κ2) is 8.08. The molecule has 6 heteroatoms. The lowest BCUT2D eigenvalue weighted by molar-refractivity contribution is 0.408. The fraction of sp³-hybridized carbons (Fsp3) is 0.765. The van der Waals surface area contributed by atoms with Crippen LogP contribution in [0.4, 0.5) is 0 Å². The molecule has 3 rings (SSSR count). The van der Waals surface area contributed by atoms with Gasteiger partial charge in [-0.3, -0.25) is 4.99 Å². The summed E-state index contributed by atoms with van der Waals surface area (Å²) in [4.78, 5) is 11.7.